The van der Waals surface area contributed by atoms with Crippen molar-refractivity contribution in [3.05, 3.63) is 50.1 Å². The zero-order valence-electron chi connectivity index (χ0n) is 9.32. The molecule has 1 aromatic heterocycles. The van der Waals surface area contributed by atoms with Crippen LogP contribution in [-0.4, -0.2) is 11.7 Å². The first-order chi connectivity index (χ1) is 8.97. The Labute approximate surface area is 122 Å². The van der Waals surface area contributed by atoms with Crippen molar-refractivity contribution in [2.24, 2.45) is 0 Å². The predicted molar refractivity (Wildman–Crippen MR) is 71.5 cm³/mol. The summed E-state index contributed by atoms with van der Waals surface area (Å²) in [4.78, 5) is 0. The van der Waals surface area contributed by atoms with Crippen LogP contribution in [0.25, 0.3) is 0 Å². The molecule has 0 aliphatic heterocycles. The van der Waals surface area contributed by atoms with Crippen LogP contribution in [0.5, 0.6) is 5.75 Å². The summed E-state index contributed by atoms with van der Waals surface area (Å²) in [6.45, 7) is -2.91. The Kier molecular flexibility index (Phi) is 4.62. The summed E-state index contributed by atoms with van der Waals surface area (Å²) in [5.41, 5.74) is 0.834. The van der Waals surface area contributed by atoms with Crippen molar-refractivity contribution in [2.75, 3.05) is 0 Å². The standard InChI is InChI=1S/C12H8Cl2F2O2S/c13-9-5-8(11(14)19-9)10(17)6-2-1-3-7(4-6)18-12(15)16/h1-5,10,12,17H. The molecule has 0 spiro atoms. The number of alkyl halides is 2. The van der Waals surface area contributed by atoms with Gasteiger partial charge in [-0.1, -0.05) is 35.3 Å². The van der Waals surface area contributed by atoms with Gasteiger partial charge >= 0.3 is 6.61 Å². The largest absolute Gasteiger partial charge is 0.435 e. The number of benzene rings is 1. The van der Waals surface area contributed by atoms with Gasteiger partial charge in [0.05, 0.1) is 4.34 Å². The van der Waals surface area contributed by atoms with E-state index in [0.29, 0.717) is 19.8 Å². The number of aliphatic hydroxyl groups excluding tert-OH is 1. The van der Waals surface area contributed by atoms with Crippen LogP contribution < -0.4 is 4.74 Å². The number of halogens is 4. The van der Waals surface area contributed by atoms with E-state index in [1.165, 1.54) is 18.2 Å². The molecule has 102 valence electrons. The lowest BCUT2D eigenvalue weighted by molar-refractivity contribution is -0.0499. The fraction of sp³-hybridized carbons (Fsp3) is 0.167. The summed E-state index contributed by atoms with van der Waals surface area (Å²) in [5.74, 6) is -0.0241. The summed E-state index contributed by atoms with van der Waals surface area (Å²) >= 11 is 12.9. The second kappa shape index (κ2) is 6.05. The summed E-state index contributed by atoms with van der Waals surface area (Å²) < 4.78 is 29.3. The molecule has 1 N–H and O–H groups in total. The monoisotopic (exact) mass is 324 g/mol. The van der Waals surface area contributed by atoms with Crippen LogP contribution >= 0.6 is 34.5 Å². The minimum Gasteiger partial charge on any atom is -0.435 e. The maximum absolute atomic E-state index is 12.1. The van der Waals surface area contributed by atoms with Crippen molar-refractivity contribution in [3.8, 4) is 5.75 Å². The van der Waals surface area contributed by atoms with Gasteiger partial charge in [0.15, 0.2) is 0 Å². The van der Waals surface area contributed by atoms with E-state index in [1.807, 2.05) is 0 Å². The molecular weight excluding hydrogens is 317 g/mol. The zero-order valence-corrected chi connectivity index (χ0v) is 11.6. The number of thiophene rings is 1. The average molecular weight is 325 g/mol. The molecule has 1 aromatic carbocycles. The minimum absolute atomic E-state index is 0.0241. The van der Waals surface area contributed by atoms with E-state index in [0.717, 1.165) is 11.3 Å². The van der Waals surface area contributed by atoms with Crippen LogP contribution in [0.2, 0.25) is 8.67 Å². The van der Waals surface area contributed by atoms with Crippen molar-refractivity contribution >= 4 is 34.5 Å². The Morgan fingerprint density at radius 3 is 2.53 bits per heavy atom. The van der Waals surface area contributed by atoms with Crippen LogP contribution in [0.3, 0.4) is 0 Å². The van der Waals surface area contributed by atoms with E-state index in [1.54, 1.807) is 12.1 Å². The second-order valence-electron chi connectivity index (χ2n) is 3.63. The lowest BCUT2D eigenvalue weighted by Crippen LogP contribution is -2.04. The molecule has 2 rings (SSSR count). The molecule has 0 bridgehead atoms. The van der Waals surface area contributed by atoms with Crippen LogP contribution in [0.4, 0.5) is 8.78 Å². The highest BCUT2D eigenvalue weighted by molar-refractivity contribution is 7.20. The van der Waals surface area contributed by atoms with E-state index < -0.39 is 12.7 Å². The van der Waals surface area contributed by atoms with Gasteiger partial charge in [-0.25, -0.2) is 0 Å². The zero-order chi connectivity index (χ0) is 14.0. The van der Waals surface area contributed by atoms with Crippen molar-refractivity contribution in [1.29, 1.82) is 0 Å². The minimum atomic E-state index is -2.91. The fourth-order valence-corrected chi connectivity index (χ4v) is 3.10. The van der Waals surface area contributed by atoms with E-state index in [2.05, 4.69) is 4.74 Å². The molecule has 1 atom stereocenters. The molecule has 0 fully saturated rings. The molecule has 0 amide bonds. The highest BCUT2D eigenvalue weighted by Gasteiger charge is 2.18. The first-order valence-electron chi connectivity index (χ1n) is 5.15. The Morgan fingerprint density at radius 1 is 1.21 bits per heavy atom. The van der Waals surface area contributed by atoms with Crippen LogP contribution in [0, 0.1) is 0 Å². The van der Waals surface area contributed by atoms with E-state index >= 15 is 0 Å². The number of ether oxygens (including phenoxy) is 1. The molecule has 0 saturated heterocycles. The van der Waals surface area contributed by atoms with Crippen LogP contribution in [-0.2, 0) is 0 Å². The summed E-state index contributed by atoms with van der Waals surface area (Å²) in [5, 5.41) is 10.2. The van der Waals surface area contributed by atoms with Gasteiger partial charge in [-0.2, -0.15) is 8.78 Å². The van der Waals surface area contributed by atoms with Gasteiger partial charge in [-0.3, -0.25) is 0 Å². The third-order valence-corrected chi connectivity index (χ3v) is 3.89. The third kappa shape index (κ3) is 3.57. The SMILES string of the molecule is OC(c1cccc(OC(F)F)c1)c1cc(Cl)sc1Cl. The molecule has 0 aliphatic rings. The van der Waals surface area contributed by atoms with Crippen molar-refractivity contribution in [3.63, 3.8) is 0 Å². The maximum Gasteiger partial charge on any atom is 0.387 e. The van der Waals surface area contributed by atoms with Gasteiger partial charge in [0.2, 0.25) is 0 Å². The third-order valence-electron chi connectivity index (χ3n) is 2.38. The first-order valence-corrected chi connectivity index (χ1v) is 6.72. The Hall–Kier alpha value is -0.880. The van der Waals surface area contributed by atoms with E-state index in [9.17, 15) is 13.9 Å². The number of hydrogen-bond acceptors (Lipinski definition) is 3. The summed E-state index contributed by atoms with van der Waals surface area (Å²) in [6, 6.07) is 7.35. The van der Waals surface area contributed by atoms with E-state index in [-0.39, 0.29) is 5.75 Å². The highest BCUT2D eigenvalue weighted by Crippen LogP contribution is 2.37. The normalized spacial score (nSPS) is 12.7. The van der Waals surface area contributed by atoms with Gasteiger partial charge in [-0.15, -0.1) is 11.3 Å². The Morgan fingerprint density at radius 2 is 1.95 bits per heavy atom. The number of hydrogen-bond donors (Lipinski definition) is 1. The fourth-order valence-electron chi connectivity index (χ4n) is 1.58. The highest BCUT2D eigenvalue weighted by atomic mass is 35.5. The van der Waals surface area contributed by atoms with E-state index in [4.69, 9.17) is 23.2 Å². The lowest BCUT2D eigenvalue weighted by Gasteiger charge is -2.12. The first kappa shape index (κ1) is 14.5. The van der Waals surface area contributed by atoms with Gasteiger partial charge < -0.3 is 9.84 Å². The lowest BCUT2D eigenvalue weighted by atomic mass is 10.0. The molecule has 0 saturated carbocycles. The predicted octanol–water partition coefficient (Wildman–Crippen LogP) is 4.74. The molecular formula is C12H8Cl2F2O2S. The second-order valence-corrected chi connectivity index (χ2v) is 5.92. The topological polar surface area (TPSA) is 29.5 Å². The van der Waals surface area contributed by atoms with Crippen molar-refractivity contribution < 1.29 is 18.6 Å². The quantitative estimate of drug-likeness (QED) is 0.880. The van der Waals surface area contributed by atoms with Gasteiger partial charge in [-0.05, 0) is 23.8 Å². The summed E-state index contributed by atoms with van der Waals surface area (Å²) in [6.07, 6.45) is -1.04. The molecule has 0 aliphatic carbocycles. The van der Waals surface area contributed by atoms with Crippen LogP contribution in [0.1, 0.15) is 17.2 Å². The Bertz CT molecular complexity index is 575. The number of rotatable bonds is 4. The molecule has 2 aromatic rings. The maximum atomic E-state index is 12.1. The average Bonchev–Trinajstić information content (AvgIpc) is 2.67. The number of aliphatic hydroxyl groups is 1. The smallest absolute Gasteiger partial charge is 0.387 e. The van der Waals surface area contributed by atoms with Gasteiger partial charge in [0.1, 0.15) is 16.2 Å². The van der Waals surface area contributed by atoms with Crippen molar-refractivity contribution in [1.82, 2.24) is 0 Å². The van der Waals surface area contributed by atoms with Crippen molar-refractivity contribution in [2.45, 2.75) is 12.7 Å². The molecule has 1 unspecified atom stereocenters. The molecule has 1 heterocycles. The van der Waals surface area contributed by atoms with Gasteiger partial charge in [0.25, 0.3) is 0 Å². The van der Waals surface area contributed by atoms with Gasteiger partial charge in [0, 0.05) is 5.56 Å². The molecule has 2 nitrogen and oxygen atoms in total. The Balaban J connectivity index is 2.28. The molecule has 7 heteroatoms. The van der Waals surface area contributed by atoms with Crippen LogP contribution in [0.15, 0.2) is 30.3 Å². The molecule has 0 radical (unpaired) electrons. The summed E-state index contributed by atoms with van der Waals surface area (Å²) in [7, 11) is 0. The molecule has 19 heavy (non-hydrogen) atoms.